The smallest absolute Gasteiger partial charge is 0.228 e. The molecule has 0 saturated carbocycles. The predicted octanol–water partition coefficient (Wildman–Crippen LogP) is 1.31. The lowest BCUT2D eigenvalue weighted by atomic mass is 10.2. The fourth-order valence-electron chi connectivity index (χ4n) is 2.30. The number of halogens is 1. The second-order valence-corrected chi connectivity index (χ2v) is 7.38. The molecule has 1 aromatic carbocycles. The molecule has 0 aromatic heterocycles. The summed E-state index contributed by atoms with van der Waals surface area (Å²) in [5, 5.41) is 0. The second kappa shape index (κ2) is 5.22. The van der Waals surface area contributed by atoms with Gasteiger partial charge in [0.2, 0.25) is 5.91 Å². The van der Waals surface area contributed by atoms with Gasteiger partial charge in [0.25, 0.3) is 0 Å². The molecule has 1 aliphatic rings. The minimum absolute atomic E-state index is 0.0627. The van der Waals surface area contributed by atoms with Gasteiger partial charge in [-0.15, -0.1) is 0 Å². The summed E-state index contributed by atoms with van der Waals surface area (Å²) in [5.41, 5.74) is 5.85. The van der Waals surface area contributed by atoms with E-state index in [2.05, 4.69) is 15.9 Å². The Bertz CT molecular complexity index is 615. The van der Waals surface area contributed by atoms with Gasteiger partial charge in [0, 0.05) is 23.5 Å². The van der Waals surface area contributed by atoms with Crippen molar-refractivity contribution in [1.29, 1.82) is 0 Å². The van der Waals surface area contributed by atoms with Crippen molar-refractivity contribution in [3.63, 3.8) is 0 Å². The van der Waals surface area contributed by atoms with Gasteiger partial charge in [-0.2, -0.15) is 0 Å². The normalized spacial score (nSPS) is 21.0. The number of hydrogen-bond donors (Lipinski definition) is 1. The zero-order valence-electron chi connectivity index (χ0n) is 10.5. The highest BCUT2D eigenvalue weighted by Gasteiger charge is 2.37. The van der Waals surface area contributed by atoms with Gasteiger partial charge >= 0.3 is 0 Å². The number of rotatable bonds is 2. The zero-order chi connectivity index (χ0) is 14.2. The first-order valence-electron chi connectivity index (χ1n) is 5.92. The zero-order valence-corrected chi connectivity index (χ0v) is 12.9. The molecule has 1 amide bonds. The number of carbonyl (C=O) groups excluding carboxylic acids is 1. The van der Waals surface area contributed by atoms with Crippen molar-refractivity contribution in [2.24, 2.45) is 5.73 Å². The summed E-state index contributed by atoms with van der Waals surface area (Å²) in [4.78, 5) is 13.9. The van der Waals surface area contributed by atoms with E-state index in [9.17, 15) is 13.2 Å². The molecule has 1 aliphatic heterocycles. The Hall–Kier alpha value is -0.920. The first kappa shape index (κ1) is 14.5. The summed E-state index contributed by atoms with van der Waals surface area (Å²) >= 11 is 3.33. The Kier molecular flexibility index (Phi) is 3.98. The average molecular weight is 347 g/mol. The number of amides is 1. The molecule has 1 atom stereocenters. The number of fused-ring (bicyclic) bond motifs is 1. The summed E-state index contributed by atoms with van der Waals surface area (Å²) in [7, 11) is -3.35. The number of sulfone groups is 1. The molecule has 0 bridgehead atoms. The van der Waals surface area contributed by atoms with E-state index in [1.54, 1.807) is 19.1 Å². The van der Waals surface area contributed by atoms with Gasteiger partial charge in [0.15, 0.2) is 9.84 Å². The van der Waals surface area contributed by atoms with Crippen LogP contribution in [0.2, 0.25) is 0 Å². The summed E-state index contributed by atoms with van der Waals surface area (Å²) in [6, 6.07) is 4.52. The first-order valence-corrected chi connectivity index (χ1v) is 8.36. The number of hydrogen-bond acceptors (Lipinski definition) is 4. The van der Waals surface area contributed by atoms with Crippen LogP contribution in [0.4, 0.5) is 5.69 Å². The van der Waals surface area contributed by atoms with Crippen LogP contribution in [0.25, 0.3) is 0 Å². The van der Waals surface area contributed by atoms with Crippen molar-refractivity contribution in [2.45, 2.75) is 24.3 Å². The SMILES string of the molecule is CC1CS(=O)(=O)c2cccc(Br)c2N1C(=O)CCN. The average Bonchev–Trinajstić information content (AvgIpc) is 2.30. The number of nitrogens with two attached hydrogens (primary N) is 1. The van der Waals surface area contributed by atoms with Crippen molar-refractivity contribution in [2.75, 3.05) is 17.2 Å². The molecule has 0 aliphatic carbocycles. The number of para-hydroxylation sites is 1. The maximum Gasteiger partial charge on any atom is 0.228 e. The Morgan fingerprint density at radius 1 is 1.53 bits per heavy atom. The van der Waals surface area contributed by atoms with E-state index >= 15 is 0 Å². The molecule has 2 N–H and O–H groups in total. The van der Waals surface area contributed by atoms with Crippen LogP contribution in [0.15, 0.2) is 27.6 Å². The highest BCUT2D eigenvalue weighted by Crippen LogP contribution is 2.39. The summed E-state index contributed by atoms with van der Waals surface area (Å²) in [5.74, 6) is -0.217. The maximum absolute atomic E-state index is 12.2. The maximum atomic E-state index is 12.2. The van der Waals surface area contributed by atoms with Crippen LogP contribution in [0.1, 0.15) is 13.3 Å². The highest BCUT2D eigenvalue weighted by molar-refractivity contribution is 9.10. The quantitative estimate of drug-likeness (QED) is 0.875. The number of benzene rings is 1. The molecule has 5 nitrogen and oxygen atoms in total. The van der Waals surface area contributed by atoms with Crippen molar-refractivity contribution >= 4 is 37.4 Å². The fraction of sp³-hybridized carbons (Fsp3) is 0.417. The van der Waals surface area contributed by atoms with Crippen molar-refractivity contribution in [3.05, 3.63) is 22.7 Å². The van der Waals surface area contributed by atoms with Gasteiger partial charge < -0.3 is 10.6 Å². The third kappa shape index (κ3) is 2.54. The number of nitrogens with zero attached hydrogens (tertiary/aromatic N) is 1. The molecule has 0 spiro atoms. The molecule has 7 heteroatoms. The fourth-order valence-corrected chi connectivity index (χ4v) is 4.74. The van der Waals surface area contributed by atoms with Crippen molar-refractivity contribution in [1.82, 2.24) is 0 Å². The Labute approximate surface area is 120 Å². The Balaban J connectivity index is 2.63. The lowest BCUT2D eigenvalue weighted by Gasteiger charge is -2.35. The molecule has 104 valence electrons. The van der Waals surface area contributed by atoms with Gasteiger partial charge in [0.1, 0.15) is 0 Å². The van der Waals surface area contributed by atoms with E-state index in [1.807, 2.05) is 0 Å². The Morgan fingerprint density at radius 3 is 2.84 bits per heavy atom. The van der Waals surface area contributed by atoms with Crippen LogP contribution >= 0.6 is 15.9 Å². The minimum Gasteiger partial charge on any atom is -0.330 e. The summed E-state index contributed by atoms with van der Waals surface area (Å²) < 4.78 is 25.0. The number of carbonyl (C=O) groups is 1. The van der Waals surface area contributed by atoms with Gasteiger partial charge in [-0.25, -0.2) is 8.42 Å². The third-order valence-electron chi connectivity index (χ3n) is 3.05. The molecule has 1 unspecified atom stereocenters. The van der Waals surface area contributed by atoms with Crippen LogP contribution in [0, 0.1) is 0 Å². The molecule has 0 fully saturated rings. The van der Waals surface area contributed by atoms with E-state index in [-0.39, 0.29) is 29.5 Å². The summed E-state index contributed by atoms with van der Waals surface area (Å²) in [6.45, 7) is 1.98. The lowest BCUT2D eigenvalue weighted by molar-refractivity contribution is -0.118. The van der Waals surface area contributed by atoms with Gasteiger partial charge in [-0.05, 0) is 35.0 Å². The molecular formula is C12H15BrN2O3S. The van der Waals surface area contributed by atoms with Crippen molar-refractivity contribution < 1.29 is 13.2 Å². The topological polar surface area (TPSA) is 80.5 Å². The highest BCUT2D eigenvalue weighted by atomic mass is 79.9. The molecule has 1 heterocycles. The van der Waals surface area contributed by atoms with Crippen LogP contribution in [0.5, 0.6) is 0 Å². The molecule has 0 saturated heterocycles. The van der Waals surface area contributed by atoms with E-state index < -0.39 is 15.9 Å². The van der Waals surface area contributed by atoms with E-state index in [0.29, 0.717) is 10.2 Å². The summed E-state index contributed by atoms with van der Waals surface area (Å²) in [6.07, 6.45) is 0.200. The van der Waals surface area contributed by atoms with Gasteiger partial charge in [-0.3, -0.25) is 4.79 Å². The molecule has 1 aromatic rings. The molecular weight excluding hydrogens is 332 g/mol. The van der Waals surface area contributed by atoms with Crippen LogP contribution < -0.4 is 10.6 Å². The largest absolute Gasteiger partial charge is 0.330 e. The molecule has 19 heavy (non-hydrogen) atoms. The molecule has 2 rings (SSSR count). The van der Waals surface area contributed by atoms with Crippen LogP contribution in [-0.4, -0.2) is 32.7 Å². The van der Waals surface area contributed by atoms with Crippen LogP contribution in [0.3, 0.4) is 0 Å². The van der Waals surface area contributed by atoms with Gasteiger partial charge in [0.05, 0.1) is 16.3 Å². The minimum atomic E-state index is -3.35. The third-order valence-corrected chi connectivity index (χ3v) is 5.61. The standard InChI is InChI=1S/C12H15BrN2O3S/c1-8-7-19(17,18)10-4-2-3-9(13)12(10)15(8)11(16)5-6-14/h2-4,8H,5-7,14H2,1H3. The molecule has 0 radical (unpaired) electrons. The van der Waals surface area contributed by atoms with E-state index in [0.717, 1.165) is 0 Å². The number of anilines is 1. The second-order valence-electron chi connectivity index (χ2n) is 4.52. The van der Waals surface area contributed by atoms with Gasteiger partial charge in [-0.1, -0.05) is 6.07 Å². The van der Waals surface area contributed by atoms with Crippen molar-refractivity contribution in [3.8, 4) is 0 Å². The van der Waals surface area contributed by atoms with E-state index in [4.69, 9.17) is 5.73 Å². The van der Waals surface area contributed by atoms with Crippen LogP contribution in [-0.2, 0) is 14.6 Å². The Morgan fingerprint density at radius 2 is 2.21 bits per heavy atom. The predicted molar refractivity (Wildman–Crippen MR) is 76.8 cm³/mol. The monoisotopic (exact) mass is 346 g/mol. The lowest BCUT2D eigenvalue weighted by Crippen LogP contribution is -2.47. The van der Waals surface area contributed by atoms with E-state index in [1.165, 1.54) is 11.0 Å². The first-order chi connectivity index (χ1) is 8.88.